The number of methoxy groups -OCH3 is 2. The normalized spacial score (nSPS) is 20.3. The van der Waals surface area contributed by atoms with Gasteiger partial charge in [-0.15, -0.1) is 0 Å². The number of rotatable bonds is 3. The van der Waals surface area contributed by atoms with Crippen LogP contribution in [0.3, 0.4) is 0 Å². The van der Waals surface area contributed by atoms with E-state index in [4.69, 9.17) is 19.9 Å². The van der Waals surface area contributed by atoms with E-state index in [0.29, 0.717) is 11.5 Å². The van der Waals surface area contributed by atoms with E-state index in [2.05, 4.69) is 0 Å². The summed E-state index contributed by atoms with van der Waals surface area (Å²) in [4.78, 5) is 0. The minimum atomic E-state index is -0.0743. The van der Waals surface area contributed by atoms with Crippen molar-refractivity contribution in [1.29, 1.82) is 0 Å². The van der Waals surface area contributed by atoms with Gasteiger partial charge in [-0.05, 0) is 23.8 Å². The summed E-state index contributed by atoms with van der Waals surface area (Å²) < 4.78 is 16.7. The monoisotopic (exact) mass is 285 g/mol. The lowest BCUT2D eigenvalue weighted by molar-refractivity contribution is 0.161. The van der Waals surface area contributed by atoms with Crippen molar-refractivity contribution in [3.63, 3.8) is 0 Å². The maximum absolute atomic E-state index is 6.26. The van der Waals surface area contributed by atoms with E-state index in [1.807, 2.05) is 42.5 Å². The van der Waals surface area contributed by atoms with Gasteiger partial charge in [-0.2, -0.15) is 0 Å². The number of fused-ring (bicyclic) bond motifs is 1. The van der Waals surface area contributed by atoms with Gasteiger partial charge in [0.05, 0.1) is 14.2 Å². The molecule has 4 heteroatoms. The third kappa shape index (κ3) is 2.54. The summed E-state index contributed by atoms with van der Waals surface area (Å²) >= 11 is 0. The molecule has 0 bridgehead atoms. The van der Waals surface area contributed by atoms with Crippen molar-refractivity contribution in [3.8, 4) is 17.2 Å². The molecule has 1 aliphatic rings. The molecule has 2 aromatic rings. The van der Waals surface area contributed by atoms with Crippen LogP contribution in [0.15, 0.2) is 42.5 Å². The molecule has 0 aliphatic carbocycles. The smallest absolute Gasteiger partial charge is 0.161 e. The first-order chi connectivity index (χ1) is 10.2. The van der Waals surface area contributed by atoms with E-state index in [-0.39, 0.29) is 12.1 Å². The lowest BCUT2D eigenvalue weighted by Crippen LogP contribution is -2.24. The summed E-state index contributed by atoms with van der Waals surface area (Å²) in [5.74, 6) is 2.27. The van der Waals surface area contributed by atoms with Gasteiger partial charge in [0.1, 0.15) is 11.9 Å². The Hall–Kier alpha value is -2.20. The second-order valence-electron chi connectivity index (χ2n) is 5.10. The molecule has 0 spiro atoms. The molecule has 1 unspecified atom stereocenters. The predicted molar refractivity (Wildman–Crippen MR) is 80.9 cm³/mol. The zero-order chi connectivity index (χ0) is 14.8. The van der Waals surface area contributed by atoms with Crippen LogP contribution in [0.25, 0.3) is 0 Å². The molecule has 0 saturated carbocycles. The first kappa shape index (κ1) is 13.8. The van der Waals surface area contributed by atoms with Crippen LogP contribution in [0.1, 0.15) is 29.7 Å². The van der Waals surface area contributed by atoms with E-state index < -0.39 is 0 Å². The van der Waals surface area contributed by atoms with Gasteiger partial charge in [-0.25, -0.2) is 0 Å². The van der Waals surface area contributed by atoms with Crippen molar-refractivity contribution in [2.24, 2.45) is 5.73 Å². The first-order valence-corrected chi connectivity index (χ1v) is 6.96. The van der Waals surface area contributed by atoms with E-state index in [9.17, 15) is 0 Å². The Balaban J connectivity index is 1.92. The highest BCUT2D eigenvalue weighted by molar-refractivity contribution is 5.45. The Kier molecular flexibility index (Phi) is 3.71. The molecule has 0 amide bonds. The molecule has 0 radical (unpaired) electrons. The lowest BCUT2D eigenvalue weighted by Gasteiger charge is -2.30. The van der Waals surface area contributed by atoms with Crippen LogP contribution in [0.2, 0.25) is 0 Å². The van der Waals surface area contributed by atoms with Crippen molar-refractivity contribution < 1.29 is 14.2 Å². The van der Waals surface area contributed by atoms with Gasteiger partial charge in [0.15, 0.2) is 11.5 Å². The summed E-state index contributed by atoms with van der Waals surface area (Å²) in [6, 6.07) is 13.7. The zero-order valence-corrected chi connectivity index (χ0v) is 12.2. The van der Waals surface area contributed by atoms with Crippen molar-refractivity contribution >= 4 is 0 Å². The predicted octanol–water partition coefficient (Wildman–Crippen LogP) is 3.23. The van der Waals surface area contributed by atoms with Gasteiger partial charge < -0.3 is 19.9 Å². The minimum absolute atomic E-state index is 0.0203. The molecule has 0 saturated heterocycles. The van der Waals surface area contributed by atoms with Crippen molar-refractivity contribution in [3.05, 3.63) is 53.6 Å². The Labute approximate surface area is 124 Å². The molecule has 110 valence electrons. The number of benzene rings is 2. The fraction of sp³-hybridized carbons (Fsp3) is 0.294. The Morgan fingerprint density at radius 2 is 1.81 bits per heavy atom. The molecule has 1 heterocycles. The van der Waals surface area contributed by atoms with E-state index in [0.717, 1.165) is 23.3 Å². The van der Waals surface area contributed by atoms with Crippen LogP contribution < -0.4 is 19.9 Å². The van der Waals surface area contributed by atoms with Gasteiger partial charge in [-0.3, -0.25) is 0 Å². The number of nitrogens with two attached hydrogens (primary N) is 1. The van der Waals surface area contributed by atoms with Crippen molar-refractivity contribution in [1.82, 2.24) is 0 Å². The maximum Gasteiger partial charge on any atom is 0.161 e. The van der Waals surface area contributed by atoms with Crippen LogP contribution in [-0.2, 0) is 0 Å². The summed E-state index contributed by atoms with van der Waals surface area (Å²) in [6.45, 7) is 0. The SMILES string of the molecule is COc1ccc(C2C[C@H](N)c3ccccc3O2)cc1OC. The molecular formula is C17H19NO3. The Morgan fingerprint density at radius 1 is 1.05 bits per heavy atom. The third-order valence-electron chi connectivity index (χ3n) is 3.84. The van der Waals surface area contributed by atoms with Gasteiger partial charge >= 0.3 is 0 Å². The second kappa shape index (κ2) is 5.66. The zero-order valence-electron chi connectivity index (χ0n) is 12.2. The van der Waals surface area contributed by atoms with Gasteiger partial charge in [0.25, 0.3) is 0 Å². The largest absolute Gasteiger partial charge is 0.493 e. The molecule has 3 rings (SSSR count). The first-order valence-electron chi connectivity index (χ1n) is 6.96. The second-order valence-corrected chi connectivity index (χ2v) is 5.10. The van der Waals surface area contributed by atoms with Crippen molar-refractivity contribution in [2.75, 3.05) is 14.2 Å². The summed E-state index contributed by atoms with van der Waals surface area (Å²) in [5, 5.41) is 0. The van der Waals surface area contributed by atoms with Gasteiger partial charge in [-0.1, -0.05) is 24.3 Å². The van der Waals surface area contributed by atoms with E-state index in [1.54, 1.807) is 14.2 Å². The number of para-hydroxylation sites is 1. The van der Waals surface area contributed by atoms with Crippen LogP contribution in [-0.4, -0.2) is 14.2 Å². The van der Waals surface area contributed by atoms with Gasteiger partial charge in [0, 0.05) is 18.0 Å². The topological polar surface area (TPSA) is 53.7 Å². The van der Waals surface area contributed by atoms with E-state index >= 15 is 0 Å². The van der Waals surface area contributed by atoms with Crippen LogP contribution in [0.4, 0.5) is 0 Å². The molecule has 2 aromatic carbocycles. The maximum atomic E-state index is 6.26. The number of hydrogen-bond donors (Lipinski definition) is 1. The van der Waals surface area contributed by atoms with Crippen LogP contribution in [0, 0.1) is 0 Å². The number of hydrogen-bond acceptors (Lipinski definition) is 4. The molecule has 21 heavy (non-hydrogen) atoms. The van der Waals surface area contributed by atoms with Crippen molar-refractivity contribution in [2.45, 2.75) is 18.6 Å². The fourth-order valence-corrected chi connectivity index (χ4v) is 2.71. The molecule has 1 aliphatic heterocycles. The molecular weight excluding hydrogens is 266 g/mol. The fourth-order valence-electron chi connectivity index (χ4n) is 2.71. The average molecular weight is 285 g/mol. The molecule has 0 fully saturated rings. The highest BCUT2D eigenvalue weighted by Gasteiger charge is 2.27. The summed E-state index contributed by atoms with van der Waals surface area (Å²) in [7, 11) is 3.26. The molecule has 0 aromatic heterocycles. The van der Waals surface area contributed by atoms with Crippen LogP contribution in [0.5, 0.6) is 17.2 Å². The molecule has 2 N–H and O–H groups in total. The summed E-state index contributed by atoms with van der Waals surface area (Å²) in [5.41, 5.74) is 8.37. The Morgan fingerprint density at radius 3 is 2.57 bits per heavy atom. The third-order valence-corrected chi connectivity index (χ3v) is 3.84. The molecule has 4 nitrogen and oxygen atoms in total. The lowest BCUT2D eigenvalue weighted by atomic mass is 9.93. The number of ether oxygens (including phenoxy) is 3. The highest BCUT2D eigenvalue weighted by atomic mass is 16.5. The standard InChI is InChI=1S/C17H19NO3/c1-19-15-8-7-11(9-17(15)20-2)16-10-13(18)12-5-3-4-6-14(12)21-16/h3-9,13,16H,10,18H2,1-2H3/t13-,16?/m0/s1. The average Bonchev–Trinajstić information content (AvgIpc) is 2.54. The van der Waals surface area contributed by atoms with Gasteiger partial charge in [0.2, 0.25) is 0 Å². The Bertz CT molecular complexity index is 642. The van der Waals surface area contributed by atoms with Crippen LogP contribution >= 0.6 is 0 Å². The quantitative estimate of drug-likeness (QED) is 0.940. The van der Waals surface area contributed by atoms with E-state index in [1.165, 1.54) is 0 Å². The highest BCUT2D eigenvalue weighted by Crippen LogP contribution is 2.41. The molecule has 2 atom stereocenters. The minimum Gasteiger partial charge on any atom is -0.493 e. The summed E-state index contributed by atoms with van der Waals surface area (Å²) in [6.07, 6.45) is 0.668.